The van der Waals surface area contributed by atoms with Crippen LogP contribution in [-0.2, 0) is 16.0 Å². The summed E-state index contributed by atoms with van der Waals surface area (Å²) in [6.45, 7) is 5.74. The number of aromatic amines is 1. The standard InChI is InChI=1S/C28H29FN4O3/c1-4-22-23(27(35)33(30-22)21-12-10-19(29)11-13-21)24-25(31-15-17(2)14-18(3)16-31)28(36)32(26(24)34)20-8-6-5-7-9-20/h10-16,20H,4-9H2,1-3H3/p+1. The molecule has 0 radical (unpaired) electrons. The summed E-state index contributed by atoms with van der Waals surface area (Å²) >= 11 is 0. The Hall–Kier alpha value is -3.81. The number of carbonyl (C=O) groups excluding carboxylic acids is 2. The lowest BCUT2D eigenvalue weighted by molar-refractivity contribution is -0.577. The number of aromatic nitrogens is 3. The van der Waals surface area contributed by atoms with Gasteiger partial charge in [0, 0.05) is 22.9 Å². The minimum atomic E-state index is -0.442. The first-order valence-electron chi connectivity index (χ1n) is 12.5. The van der Waals surface area contributed by atoms with Crippen LogP contribution in [0.2, 0.25) is 0 Å². The van der Waals surface area contributed by atoms with Crippen molar-refractivity contribution in [1.29, 1.82) is 0 Å². The largest absolute Gasteiger partial charge is 0.327 e. The van der Waals surface area contributed by atoms with Gasteiger partial charge in [0.05, 0.1) is 11.3 Å². The van der Waals surface area contributed by atoms with Gasteiger partial charge in [-0.05, 0) is 63.4 Å². The Labute approximate surface area is 208 Å². The molecule has 0 unspecified atom stereocenters. The summed E-state index contributed by atoms with van der Waals surface area (Å²) in [5.74, 6) is -1.20. The van der Waals surface area contributed by atoms with Crippen molar-refractivity contribution in [2.24, 2.45) is 0 Å². The molecule has 1 saturated carbocycles. The Balaban J connectivity index is 1.75. The van der Waals surface area contributed by atoms with Crippen LogP contribution in [0.3, 0.4) is 0 Å². The SMILES string of the molecule is CCc1[nH]n(-c2ccc(F)cc2)c(=O)c1C1=C([n+]2cc(C)cc(C)c2)C(=O)N(C2CCCCC2)C1=O. The molecule has 2 aromatic heterocycles. The number of halogens is 1. The van der Waals surface area contributed by atoms with Crippen LogP contribution in [0.15, 0.2) is 47.5 Å². The second kappa shape index (κ2) is 9.33. The van der Waals surface area contributed by atoms with Crippen LogP contribution in [0, 0.1) is 19.7 Å². The molecule has 1 aliphatic heterocycles. The third kappa shape index (κ3) is 4.00. The number of hydrogen-bond acceptors (Lipinski definition) is 3. The highest BCUT2D eigenvalue weighted by atomic mass is 19.1. The van der Waals surface area contributed by atoms with Gasteiger partial charge in [0.1, 0.15) is 11.4 Å². The minimum Gasteiger partial charge on any atom is -0.294 e. The van der Waals surface area contributed by atoms with Crippen molar-refractivity contribution in [1.82, 2.24) is 14.7 Å². The highest BCUT2D eigenvalue weighted by Crippen LogP contribution is 2.35. The fourth-order valence-electron chi connectivity index (χ4n) is 5.48. The summed E-state index contributed by atoms with van der Waals surface area (Å²) in [4.78, 5) is 43.1. The molecule has 0 bridgehead atoms. The van der Waals surface area contributed by atoms with Gasteiger partial charge in [-0.25, -0.2) is 9.07 Å². The van der Waals surface area contributed by atoms with Crippen LogP contribution in [0.25, 0.3) is 17.0 Å². The number of imide groups is 1. The summed E-state index contributed by atoms with van der Waals surface area (Å²) in [5.41, 5.74) is 2.95. The molecule has 1 aromatic carbocycles. The topological polar surface area (TPSA) is 79.1 Å². The Kier molecular flexibility index (Phi) is 6.20. The number of carbonyl (C=O) groups is 2. The molecule has 5 rings (SSSR count). The molecular weight excluding hydrogens is 459 g/mol. The first kappa shape index (κ1) is 23.9. The molecule has 2 amide bonds. The van der Waals surface area contributed by atoms with Gasteiger partial charge < -0.3 is 0 Å². The van der Waals surface area contributed by atoms with E-state index in [4.69, 9.17) is 0 Å². The van der Waals surface area contributed by atoms with Crippen molar-refractivity contribution in [3.63, 3.8) is 0 Å². The predicted molar refractivity (Wildman–Crippen MR) is 134 cm³/mol. The van der Waals surface area contributed by atoms with Crippen LogP contribution in [0.5, 0.6) is 0 Å². The molecule has 1 aliphatic carbocycles. The van der Waals surface area contributed by atoms with E-state index in [-0.39, 0.29) is 28.8 Å². The molecule has 7 nitrogen and oxygen atoms in total. The highest BCUT2D eigenvalue weighted by molar-refractivity contribution is 6.44. The zero-order chi connectivity index (χ0) is 25.6. The van der Waals surface area contributed by atoms with Crippen molar-refractivity contribution in [2.45, 2.75) is 65.3 Å². The molecule has 186 valence electrons. The monoisotopic (exact) mass is 489 g/mol. The van der Waals surface area contributed by atoms with Crippen molar-refractivity contribution >= 4 is 23.1 Å². The number of nitrogens with one attached hydrogen (secondary N) is 1. The third-order valence-corrected chi connectivity index (χ3v) is 7.08. The van der Waals surface area contributed by atoms with Gasteiger partial charge in [0.25, 0.3) is 17.2 Å². The summed E-state index contributed by atoms with van der Waals surface area (Å²) in [6, 6.07) is 7.37. The van der Waals surface area contributed by atoms with E-state index in [0.717, 1.165) is 43.2 Å². The Bertz CT molecular complexity index is 1420. The van der Waals surface area contributed by atoms with Gasteiger partial charge in [-0.1, -0.05) is 26.2 Å². The Morgan fingerprint density at radius 1 is 0.972 bits per heavy atom. The highest BCUT2D eigenvalue weighted by Gasteiger charge is 2.50. The van der Waals surface area contributed by atoms with E-state index < -0.39 is 17.3 Å². The van der Waals surface area contributed by atoms with Crippen LogP contribution >= 0.6 is 0 Å². The van der Waals surface area contributed by atoms with Gasteiger partial charge in [-0.2, -0.15) is 4.57 Å². The first-order chi connectivity index (χ1) is 17.3. The van der Waals surface area contributed by atoms with E-state index in [9.17, 15) is 18.8 Å². The van der Waals surface area contributed by atoms with Gasteiger partial charge >= 0.3 is 5.91 Å². The number of pyridine rings is 1. The van der Waals surface area contributed by atoms with Crippen LogP contribution in [0.4, 0.5) is 4.39 Å². The lowest BCUT2D eigenvalue weighted by Gasteiger charge is -2.29. The maximum atomic E-state index is 14.0. The molecule has 8 heteroatoms. The fourth-order valence-corrected chi connectivity index (χ4v) is 5.48. The van der Waals surface area contributed by atoms with Gasteiger partial charge in [0.2, 0.25) is 0 Å². The summed E-state index contributed by atoms with van der Waals surface area (Å²) in [7, 11) is 0. The second-order valence-corrected chi connectivity index (χ2v) is 9.73. The molecule has 1 N–H and O–H groups in total. The van der Waals surface area contributed by atoms with Gasteiger partial charge in [-0.15, -0.1) is 0 Å². The van der Waals surface area contributed by atoms with Crippen LogP contribution in [-0.4, -0.2) is 32.5 Å². The summed E-state index contributed by atoms with van der Waals surface area (Å²) in [6.07, 6.45) is 8.62. The number of nitrogens with zero attached hydrogens (tertiary/aromatic N) is 3. The normalized spacial score (nSPS) is 16.9. The first-order valence-corrected chi connectivity index (χ1v) is 12.5. The number of aryl methyl sites for hydroxylation is 3. The van der Waals surface area contributed by atoms with E-state index in [2.05, 4.69) is 5.10 Å². The Morgan fingerprint density at radius 2 is 1.61 bits per heavy atom. The smallest absolute Gasteiger partial charge is 0.294 e. The van der Waals surface area contributed by atoms with Crippen molar-refractivity contribution in [2.75, 3.05) is 0 Å². The number of hydrogen-bond donors (Lipinski definition) is 1. The molecule has 0 saturated heterocycles. The third-order valence-electron chi connectivity index (χ3n) is 7.08. The summed E-state index contributed by atoms with van der Waals surface area (Å²) < 4.78 is 16.5. The number of amides is 2. The molecule has 0 atom stereocenters. The van der Waals surface area contributed by atoms with E-state index in [0.29, 0.717) is 17.8 Å². The Morgan fingerprint density at radius 3 is 2.22 bits per heavy atom. The van der Waals surface area contributed by atoms with E-state index in [1.807, 2.05) is 39.2 Å². The molecule has 0 spiro atoms. The van der Waals surface area contributed by atoms with Crippen molar-refractivity contribution in [3.8, 4) is 5.69 Å². The number of benzene rings is 1. The molecule has 2 aliphatic rings. The minimum absolute atomic E-state index is 0.125. The quantitative estimate of drug-likeness (QED) is 0.437. The maximum absolute atomic E-state index is 14.0. The van der Waals surface area contributed by atoms with Crippen LogP contribution < -0.4 is 10.1 Å². The van der Waals surface area contributed by atoms with Crippen LogP contribution in [0.1, 0.15) is 61.4 Å². The number of H-pyrrole nitrogens is 1. The lowest BCUT2D eigenvalue weighted by atomic mass is 9.94. The van der Waals surface area contributed by atoms with E-state index in [1.54, 1.807) is 4.57 Å². The predicted octanol–water partition coefficient (Wildman–Crippen LogP) is 3.84. The molecule has 36 heavy (non-hydrogen) atoms. The second-order valence-electron chi connectivity index (χ2n) is 9.73. The zero-order valence-corrected chi connectivity index (χ0v) is 20.8. The van der Waals surface area contributed by atoms with Crippen molar-refractivity contribution in [3.05, 3.63) is 81.3 Å². The lowest BCUT2D eigenvalue weighted by Crippen LogP contribution is -2.45. The average molecular weight is 490 g/mol. The zero-order valence-electron chi connectivity index (χ0n) is 20.8. The fraction of sp³-hybridized carbons (Fsp3) is 0.357. The molecule has 1 fully saturated rings. The van der Waals surface area contributed by atoms with E-state index in [1.165, 1.54) is 33.8 Å². The number of rotatable bonds is 5. The van der Waals surface area contributed by atoms with Gasteiger partial charge in [-0.3, -0.25) is 24.4 Å². The maximum Gasteiger partial charge on any atom is 0.327 e. The molecular formula is C28H30FN4O3+. The molecule has 3 aromatic rings. The van der Waals surface area contributed by atoms with Crippen molar-refractivity contribution < 1.29 is 18.5 Å². The van der Waals surface area contributed by atoms with Gasteiger partial charge in [0.15, 0.2) is 12.4 Å². The summed E-state index contributed by atoms with van der Waals surface area (Å²) in [5, 5.41) is 3.09. The molecule has 3 heterocycles. The van der Waals surface area contributed by atoms with E-state index >= 15 is 0 Å². The average Bonchev–Trinajstić information content (AvgIpc) is 3.31.